The fourth-order valence-corrected chi connectivity index (χ4v) is 4.20. The monoisotopic (exact) mass is 449 g/mol. The first-order valence-corrected chi connectivity index (χ1v) is 11.2. The molecule has 6 heterocycles. The number of rotatable bonds is 6. The second kappa shape index (κ2) is 8.20. The summed E-state index contributed by atoms with van der Waals surface area (Å²) in [6.07, 6.45) is 13.0. The zero-order valence-corrected chi connectivity index (χ0v) is 18.9. The summed E-state index contributed by atoms with van der Waals surface area (Å²) in [7, 11) is 0. The fourth-order valence-electron chi connectivity index (χ4n) is 4.20. The molecule has 0 saturated heterocycles. The Labute approximate surface area is 195 Å². The molecule has 0 unspecified atom stereocenters. The van der Waals surface area contributed by atoms with E-state index in [0.29, 0.717) is 0 Å². The maximum Gasteiger partial charge on any atom is 0.116 e. The van der Waals surface area contributed by atoms with Crippen LogP contribution < -0.4 is 5.32 Å². The number of nitrogens with zero attached hydrogens (tertiary/aromatic N) is 6. The van der Waals surface area contributed by atoms with Crippen LogP contribution in [0.15, 0.2) is 61.7 Å². The zero-order chi connectivity index (χ0) is 23.1. The van der Waals surface area contributed by atoms with E-state index in [9.17, 15) is 0 Å². The van der Waals surface area contributed by atoms with Crippen LogP contribution >= 0.6 is 0 Å². The molecule has 0 aliphatic rings. The van der Waals surface area contributed by atoms with Gasteiger partial charge in [0.25, 0.3) is 0 Å². The Morgan fingerprint density at radius 2 is 1.85 bits per heavy atom. The predicted octanol–water partition coefficient (Wildman–Crippen LogP) is 4.17. The largest absolute Gasteiger partial charge is 0.352 e. The van der Waals surface area contributed by atoms with E-state index in [1.165, 1.54) is 0 Å². The van der Waals surface area contributed by atoms with Gasteiger partial charge in [0.2, 0.25) is 0 Å². The molecule has 168 valence electrons. The van der Waals surface area contributed by atoms with Crippen LogP contribution in [0.1, 0.15) is 18.2 Å². The van der Waals surface area contributed by atoms with E-state index in [1.807, 2.05) is 48.7 Å². The number of aromatic amines is 2. The van der Waals surface area contributed by atoms with Gasteiger partial charge in [0.1, 0.15) is 5.69 Å². The van der Waals surface area contributed by atoms with Gasteiger partial charge in [0, 0.05) is 41.5 Å². The molecule has 0 aliphatic carbocycles. The summed E-state index contributed by atoms with van der Waals surface area (Å²) in [5.41, 5.74) is 8.42. The summed E-state index contributed by atoms with van der Waals surface area (Å²) in [6.45, 7) is 5.75. The topological polar surface area (TPSA) is 113 Å². The minimum Gasteiger partial charge on any atom is -0.352 e. The van der Waals surface area contributed by atoms with Crippen molar-refractivity contribution in [3.8, 4) is 28.3 Å². The van der Waals surface area contributed by atoms with E-state index in [2.05, 4.69) is 65.6 Å². The molecule has 0 fully saturated rings. The summed E-state index contributed by atoms with van der Waals surface area (Å²) < 4.78 is 1.99. The molecular weight excluding hydrogens is 426 g/mol. The zero-order valence-electron chi connectivity index (χ0n) is 18.9. The molecule has 0 amide bonds. The lowest BCUT2D eigenvalue weighted by molar-refractivity contribution is 0.724. The Morgan fingerprint density at radius 3 is 2.71 bits per heavy atom. The maximum absolute atomic E-state index is 4.64. The molecule has 0 aliphatic heterocycles. The molecule has 3 N–H and O–H groups in total. The van der Waals surface area contributed by atoms with Crippen molar-refractivity contribution >= 4 is 21.8 Å². The average molecular weight is 450 g/mol. The summed E-state index contributed by atoms with van der Waals surface area (Å²) >= 11 is 0. The number of hydrogen-bond donors (Lipinski definition) is 3. The molecule has 6 rings (SSSR count). The SMILES string of the molecule is CCNCc1cncc(-c2cc3c(-c4cc5c(-n6cnc(C)c6)cncc5[nH]4)n[nH]c3cn2)c1. The van der Waals surface area contributed by atoms with Crippen LogP contribution in [0.4, 0.5) is 0 Å². The number of aryl methyl sites for hydroxylation is 1. The molecule has 6 aromatic rings. The number of hydrogen-bond acceptors (Lipinski definition) is 6. The number of nitrogens with one attached hydrogen (secondary N) is 3. The second-order valence-corrected chi connectivity index (χ2v) is 8.27. The fraction of sp³-hybridized carbons (Fsp3) is 0.160. The van der Waals surface area contributed by atoms with Gasteiger partial charge < -0.3 is 14.9 Å². The van der Waals surface area contributed by atoms with E-state index in [0.717, 1.165) is 74.5 Å². The maximum atomic E-state index is 4.64. The Kier molecular flexibility index (Phi) is 4.88. The lowest BCUT2D eigenvalue weighted by Gasteiger charge is -2.05. The van der Waals surface area contributed by atoms with Gasteiger partial charge in [-0.25, -0.2) is 4.98 Å². The van der Waals surface area contributed by atoms with Crippen LogP contribution in [0, 0.1) is 6.92 Å². The van der Waals surface area contributed by atoms with Gasteiger partial charge in [-0.05, 0) is 37.2 Å². The van der Waals surface area contributed by atoms with Gasteiger partial charge in [0.15, 0.2) is 0 Å². The number of pyridine rings is 3. The van der Waals surface area contributed by atoms with Crippen LogP contribution in [-0.2, 0) is 6.54 Å². The predicted molar refractivity (Wildman–Crippen MR) is 131 cm³/mol. The number of imidazole rings is 1. The normalized spacial score (nSPS) is 11.6. The van der Waals surface area contributed by atoms with E-state index in [-0.39, 0.29) is 0 Å². The number of H-pyrrole nitrogens is 2. The smallest absolute Gasteiger partial charge is 0.116 e. The Bertz CT molecular complexity index is 1620. The number of aromatic nitrogens is 8. The van der Waals surface area contributed by atoms with Crippen LogP contribution in [0.25, 0.3) is 50.1 Å². The van der Waals surface area contributed by atoms with Crippen molar-refractivity contribution in [1.29, 1.82) is 0 Å². The van der Waals surface area contributed by atoms with Gasteiger partial charge in [-0.2, -0.15) is 5.10 Å². The first-order chi connectivity index (χ1) is 16.7. The van der Waals surface area contributed by atoms with Crippen molar-refractivity contribution in [3.63, 3.8) is 0 Å². The lowest BCUT2D eigenvalue weighted by atomic mass is 10.1. The molecular formula is C25H23N9. The highest BCUT2D eigenvalue weighted by molar-refractivity contribution is 5.98. The molecule has 6 aromatic heterocycles. The van der Waals surface area contributed by atoms with E-state index >= 15 is 0 Å². The molecule has 0 bridgehead atoms. The Morgan fingerprint density at radius 1 is 0.941 bits per heavy atom. The first kappa shape index (κ1) is 20.3. The molecule has 0 saturated carbocycles. The van der Waals surface area contributed by atoms with Crippen LogP contribution in [0.3, 0.4) is 0 Å². The van der Waals surface area contributed by atoms with Crippen molar-refractivity contribution in [2.24, 2.45) is 0 Å². The van der Waals surface area contributed by atoms with Crippen molar-refractivity contribution in [1.82, 2.24) is 45.0 Å². The van der Waals surface area contributed by atoms with Crippen molar-refractivity contribution in [3.05, 3.63) is 73.0 Å². The Balaban J connectivity index is 1.44. The summed E-state index contributed by atoms with van der Waals surface area (Å²) in [5, 5.41) is 13.1. The van der Waals surface area contributed by atoms with Gasteiger partial charge in [0.05, 0.1) is 58.7 Å². The van der Waals surface area contributed by atoms with E-state index < -0.39 is 0 Å². The summed E-state index contributed by atoms with van der Waals surface area (Å²) in [4.78, 5) is 21.3. The van der Waals surface area contributed by atoms with Crippen LogP contribution in [0.2, 0.25) is 0 Å². The van der Waals surface area contributed by atoms with Crippen molar-refractivity contribution in [2.75, 3.05) is 6.54 Å². The van der Waals surface area contributed by atoms with Gasteiger partial charge in [-0.3, -0.25) is 20.1 Å². The molecule has 0 atom stereocenters. The van der Waals surface area contributed by atoms with Gasteiger partial charge in [-0.15, -0.1) is 0 Å². The lowest BCUT2D eigenvalue weighted by Crippen LogP contribution is -2.11. The molecule has 0 aromatic carbocycles. The molecule has 0 spiro atoms. The third-order valence-electron chi connectivity index (χ3n) is 5.89. The highest BCUT2D eigenvalue weighted by Gasteiger charge is 2.15. The van der Waals surface area contributed by atoms with Crippen molar-refractivity contribution in [2.45, 2.75) is 20.4 Å². The minimum atomic E-state index is 0.776. The van der Waals surface area contributed by atoms with Gasteiger partial charge >= 0.3 is 0 Å². The first-order valence-electron chi connectivity index (χ1n) is 11.2. The highest BCUT2D eigenvalue weighted by atomic mass is 15.1. The van der Waals surface area contributed by atoms with Crippen molar-refractivity contribution < 1.29 is 0 Å². The quantitative estimate of drug-likeness (QED) is 0.352. The summed E-state index contributed by atoms with van der Waals surface area (Å²) in [5.74, 6) is 0. The van der Waals surface area contributed by atoms with E-state index in [4.69, 9.17) is 0 Å². The standard InChI is InChI=1S/C25H23N9/c1-3-26-7-16-4-17(9-27-8-16)20-6-19-23(11-29-20)32-33-25(19)21-5-18-22(31-21)10-28-12-24(18)34-13-15(2)30-14-34/h4-6,8-14,26,31H,3,7H2,1-2H3,(H,32,33). The third kappa shape index (κ3) is 3.52. The van der Waals surface area contributed by atoms with Gasteiger partial charge in [-0.1, -0.05) is 6.92 Å². The third-order valence-corrected chi connectivity index (χ3v) is 5.89. The second-order valence-electron chi connectivity index (χ2n) is 8.27. The van der Waals surface area contributed by atoms with Crippen LogP contribution in [-0.4, -0.2) is 46.2 Å². The van der Waals surface area contributed by atoms with Crippen LogP contribution in [0.5, 0.6) is 0 Å². The Hall–Kier alpha value is -4.37. The molecule has 0 radical (unpaired) electrons. The number of fused-ring (bicyclic) bond motifs is 2. The molecule has 34 heavy (non-hydrogen) atoms. The summed E-state index contributed by atoms with van der Waals surface area (Å²) in [6, 6.07) is 6.29. The molecule has 9 heteroatoms. The highest BCUT2D eigenvalue weighted by Crippen LogP contribution is 2.32. The average Bonchev–Trinajstić information content (AvgIpc) is 3.59. The minimum absolute atomic E-state index is 0.776. The molecule has 9 nitrogen and oxygen atoms in total. The van der Waals surface area contributed by atoms with E-state index in [1.54, 1.807) is 6.33 Å².